The van der Waals surface area contributed by atoms with Crippen LogP contribution < -0.4 is 0 Å². The van der Waals surface area contributed by atoms with Crippen molar-refractivity contribution in [2.24, 2.45) is 5.92 Å². The highest BCUT2D eigenvalue weighted by molar-refractivity contribution is 7.90. The van der Waals surface area contributed by atoms with E-state index in [-0.39, 0.29) is 21.6 Å². The third-order valence-electron chi connectivity index (χ3n) is 4.21. The molecule has 0 saturated heterocycles. The number of ether oxygens (including phenoxy) is 1. The Labute approximate surface area is 136 Å². The molecule has 2 rings (SSSR count). The zero-order chi connectivity index (χ0) is 16.3. The molecule has 4 nitrogen and oxygen atoms in total. The van der Waals surface area contributed by atoms with Crippen molar-refractivity contribution in [1.82, 2.24) is 0 Å². The number of rotatable bonds is 4. The number of benzene rings is 1. The Hall–Kier alpha value is -1.07. The molecule has 22 heavy (non-hydrogen) atoms. The summed E-state index contributed by atoms with van der Waals surface area (Å²) in [6.07, 6.45) is 6.08. The molecule has 0 heterocycles. The number of sulfone groups is 1. The number of esters is 1. The number of carbonyl (C=O) groups is 1. The molecule has 1 saturated carbocycles. The Morgan fingerprint density at radius 3 is 2.64 bits per heavy atom. The summed E-state index contributed by atoms with van der Waals surface area (Å²) in [6.45, 7) is 2.09. The van der Waals surface area contributed by atoms with E-state index in [0.717, 1.165) is 38.4 Å². The Balaban J connectivity index is 2.22. The van der Waals surface area contributed by atoms with E-state index in [1.54, 1.807) is 0 Å². The molecule has 0 spiro atoms. The first-order valence-electron chi connectivity index (χ1n) is 7.53. The molecule has 0 bridgehead atoms. The highest BCUT2D eigenvalue weighted by Gasteiger charge is 2.28. The van der Waals surface area contributed by atoms with Gasteiger partial charge in [0, 0.05) is 6.26 Å². The Morgan fingerprint density at radius 2 is 2.00 bits per heavy atom. The number of carbonyl (C=O) groups excluding carboxylic acids is 1. The molecule has 0 aliphatic heterocycles. The molecule has 1 aromatic carbocycles. The van der Waals surface area contributed by atoms with Gasteiger partial charge in [-0.15, -0.1) is 0 Å². The van der Waals surface area contributed by atoms with Crippen LogP contribution in [-0.4, -0.2) is 26.7 Å². The predicted octanol–water partition coefficient (Wildman–Crippen LogP) is 3.87. The first kappa shape index (κ1) is 17.3. The smallest absolute Gasteiger partial charge is 0.339 e. The van der Waals surface area contributed by atoms with E-state index in [1.165, 1.54) is 18.2 Å². The summed E-state index contributed by atoms with van der Waals surface area (Å²) in [7, 11) is -3.39. The molecule has 1 aromatic rings. The van der Waals surface area contributed by atoms with Gasteiger partial charge in [-0.3, -0.25) is 0 Å². The minimum atomic E-state index is -3.39. The van der Waals surface area contributed by atoms with Gasteiger partial charge in [-0.25, -0.2) is 13.2 Å². The lowest BCUT2D eigenvalue weighted by Gasteiger charge is -2.30. The molecule has 0 aromatic heterocycles. The van der Waals surface area contributed by atoms with Crippen molar-refractivity contribution in [3.8, 4) is 0 Å². The maximum absolute atomic E-state index is 12.4. The van der Waals surface area contributed by atoms with E-state index in [0.29, 0.717) is 5.92 Å². The van der Waals surface area contributed by atoms with Gasteiger partial charge in [0.25, 0.3) is 0 Å². The summed E-state index contributed by atoms with van der Waals surface area (Å²) in [6, 6.07) is 4.11. The topological polar surface area (TPSA) is 60.4 Å². The summed E-state index contributed by atoms with van der Waals surface area (Å²) in [4.78, 5) is 12.4. The lowest BCUT2D eigenvalue weighted by molar-refractivity contribution is 0.000703. The molecule has 1 aliphatic rings. The lowest BCUT2D eigenvalue weighted by Crippen LogP contribution is -2.29. The van der Waals surface area contributed by atoms with E-state index >= 15 is 0 Å². The first-order chi connectivity index (χ1) is 10.3. The quantitative estimate of drug-likeness (QED) is 0.778. The van der Waals surface area contributed by atoms with Crippen molar-refractivity contribution < 1.29 is 17.9 Å². The molecular weight excluding hydrogens is 324 g/mol. The van der Waals surface area contributed by atoms with Crippen molar-refractivity contribution in [2.75, 3.05) is 6.26 Å². The summed E-state index contributed by atoms with van der Waals surface area (Å²) in [5.74, 6) is -0.171. The normalized spacial score (nSPS) is 22.3. The zero-order valence-electron chi connectivity index (χ0n) is 12.8. The summed E-state index contributed by atoms with van der Waals surface area (Å²) >= 11 is 6.03. The van der Waals surface area contributed by atoms with E-state index in [1.807, 2.05) is 0 Å². The van der Waals surface area contributed by atoms with Crippen molar-refractivity contribution in [1.29, 1.82) is 0 Å². The van der Waals surface area contributed by atoms with Gasteiger partial charge in [-0.05, 0) is 49.8 Å². The molecule has 122 valence electrons. The van der Waals surface area contributed by atoms with Crippen LogP contribution in [0.4, 0.5) is 0 Å². The van der Waals surface area contributed by atoms with Gasteiger partial charge < -0.3 is 4.74 Å². The van der Waals surface area contributed by atoms with Crippen LogP contribution in [0.25, 0.3) is 0 Å². The average Bonchev–Trinajstić information content (AvgIpc) is 2.47. The van der Waals surface area contributed by atoms with Crippen LogP contribution in [-0.2, 0) is 14.6 Å². The summed E-state index contributed by atoms with van der Waals surface area (Å²) < 4.78 is 28.8. The molecule has 0 radical (unpaired) electrons. The third kappa shape index (κ3) is 4.02. The third-order valence-corrected chi connectivity index (χ3v) is 5.65. The van der Waals surface area contributed by atoms with Crippen LogP contribution in [0.15, 0.2) is 23.1 Å². The maximum atomic E-state index is 12.4. The van der Waals surface area contributed by atoms with Crippen molar-refractivity contribution in [3.63, 3.8) is 0 Å². The van der Waals surface area contributed by atoms with Crippen LogP contribution in [0.2, 0.25) is 5.02 Å². The van der Waals surface area contributed by atoms with Crippen molar-refractivity contribution in [3.05, 3.63) is 28.8 Å². The Morgan fingerprint density at radius 1 is 1.32 bits per heavy atom. The number of hydrogen-bond donors (Lipinski definition) is 0. The molecule has 1 fully saturated rings. The zero-order valence-corrected chi connectivity index (χ0v) is 14.4. The van der Waals surface area contributed by atoms with Crippen LogP contribution in [0.5, 0.6) is 0 Å². The fourth-order valence-corrected chi connectivity index (χ4v) is 3.73. The molecule has 2 atom stereocenters. The Kier molecular flexibility index (Phi) is 5.50. The average molecular weight is 345 g/mol. The fraction of sp³-hybridized carbons (Fsp3) is 0.562. The van der Waals surface area contributed by atoms with Crippen molar-refractivity contribution >= 4 is 27.4 Å². The Bertz CT molecular complexity index is 654. The maximum Gasteiger partial charge on any atom is 0.339 e. The largest absolute Gasteiger partial charge is 0.458 e. The van der Waals surface area contributed by atoms with E-state index in [2.05, 4.69) is 6.92 Å². The van der Waals surface area contributed by atoms with Crippen molar-refractivity contribution in [2.45, 2.75) is 50.0 Å². The summed E-state index contributed by atoms with van der Waals surface area (Å²) in [5, 5.41) is 0.209. The highest BCUT2D eigenvalue weighted by atomic mass is 35.5. The van der Waals surface area contributed by atoms with Gasteiger partial charge in [-0.2, -0.15) is 0 Å². The highest BCUT2D eigenvalue weighted by Crippen LogP contribution is 2.30. The SMILES string of the molecule is CCC1CCCCC1OC(=O)c1cc(S(C)(=O)=O)ccc1Cl. The number of hydrogen-bond acceptors (Lipinski definition) is 4. The minimum Gasteiger partial charge on any atom is -0.458 e. The van der Waals surface area contributed by atoms with Gasteiger partial charge in [0.05, 0.1) is 15.5 Å². The van der Waals surface area contributed by atoms with E-state index < -0.39 is 15.8 Å². The lowest BCUT2D eigenvalue weighted by atomic mass is 9.85. The standard InChI is InChI=1S/C16H21ClO4S/c1-3-11-6-4-5-7-15(11)21-16(18)13-10-12(22(2,19)20)8-9-14(13)17/h8-11,15H,3-7H2,1-2H3. The summed E-state index contributed by atoms with van der Waals surface area (Å²) in [5.41, 5.74) is 0.116. The minimum absolute atomic E-state index is 0.0690. The van der Waals surface area contributed by atoms with Crippen LogP contribution in [0.3, 0.4) is 0 Å². The molecule has 0 N–H and O–H groups in total. The van der Waals surface area contributed by atoms with Crippen LogP contribution in [0, 0.1) is 5.92 Å². The van der Waals surface area contributed by atoms with Gasteiger partial charge in [-0.1, -0.05) is 24.9 Å². The van der Waals surface area contributed by atoms with Crippen LogP contribution >= 0.6 is 11.6 Å². The fourth-order valence-electron chi connectivity index (χ4n) is 2.89. The molecule has 0 amide bonds. The molecule has 2 unspecified atom stereocenters. The van der Waals surface area contributed by atoms with Gasteiger partial charge in [0.2, 0.25) is 0 Å². The molecular formula is C16H21ClO4S. The van der Waals surface area contributed by atoms with Gasteiger partial charge in [0.1, 0.15) is 6.10 Å². The predicted molar refractivity (Wildman–Crippen MR) is 86.0 cm³/mol. The molecule has 1 aliphatic carbocycles. The first-order valence-corrected chi connectivity index (χ1v) is 9.80. The van der Waals surface area contributed by atoms with Gasteiger partial charge in [0.15, 0.2) is 9.84 Å². The van der Waals surface area contributed by atoms with Crippen LogP contribution in [0.1, 0.15) is 49.4 Å². The van der Waals surface area contributed by atoms with E-state index in [9.17, 15) is 13.2 Å². The number of halogens is 1. The molecule has 6 heteroatoms. The second kappa shape index (κ2) is 7.01. The van der Waals surface area contributed by atoms with E-state index in [4.69, 9.17) is 16.3 Å². The second-order valence-electron chi connectivity index (χ2n) is 5.81. The monoisotopic (exact) mass is 344 g/mol. The van der Waals surface area contributed by atoms with Gasteiger partial charge >= 0.3 is 5.97 Å². The second-order valence-corrected chi connectivity index (χ2v) is 8.23.